The van der Waals surface area contributed by atoms with Crippen LogP contribution in [0.25, 0.3) is 11.3 Å². The Labute approximate surface area is 176 Å². The Balaban J connectivity index is 1.80. The van der Waals surface area contributed by atoms with E-state index in [4.69, 9.17) is 26.1 Å². The van der Waals surface area contributed by atoms with Crippen molar-refractivity contribution in [2.75, 3.05) is 14.2 Å². The van der Waals surface area contributed by atoms with Crippen LogP contribution in [0.4, 0.5) is 0 Å². The Morgan fingerprint density at radius 2 is 1.81 bits per heavy atom. The van der Waals surface area contributed by atoms with E-state index in [9.17, 15) is 0 Å². The van der Waals surface area contributed by atoms with Gasteiger partial charge in [-0.1, -0.05) is 29.8 Å². The zero-order valence-corrected chi connectivity index (χ0v) is 18.5. The minimum atomic E-state index is -0.0635. The molecule has 3 aromatic rings. The molecule has 0 aliphatic heterocycles. The lowest BCUT2D eigenvalue weighted by atomic mass is 9.95. The summed E-state index contributed by atoms with van der Waals surface area (Å²) in [7, 11) is 3.37. The quantitative estimate of drug-likeness (QED) is 0.424. The van der Waals surface area contributed by atoms with Crippen molar-refractivity contribution in [3.05, 3.63) is 61.3 Å². The van der Waals surface area contributed by atoms with Crippen LogP contribution in [0.2, 0.25) is 5.02 Å². The summed E-state index contributed by atoms with van der Waals surface area (Å²) in [5.41, 5.74) is 3.97. The van der Waals surface area contributed by atoms with E-state index < -0.39 is 0 Å². The molecule has 0 atom stereocenters. The second kappa shape index (κ2) is 7.12. The Bertz CT molecular complexity index is 1010. The third kappa shape index (κ3) is 3.16. The maximum Gasteiger partial charge on any atom is 0.123 e. The second-order valence-corrected chi connectivity index (χ2v) is 9.45. The number of ether oxygens (including phenoxy) is 2. The molecule has 1 aliphatic rings. The van der Waals surface area contributed by atoms with Crippen LogP contribution in [-0.2, 0) is 5.41 Å². The topological polar surface area (TPSA) is 31.4 Å². The zero-order chi connectivity index (χ0) is 19.2. The molecule has 2 aromatic carbocycles. The normalized spacial score (nSPS) is 14.9. The first-order chi connectivity index (χ1) is 13.0. The van der Waals surface area contributed by atoms with Crippen molar-refractivity contribution in [3.63, 3.8) is 0 Å². The van der Waals surface area contributed by atoms with Crippen LogP contribution in [0.1, 0.15) is 29.0 Å². The van der Waals surface area contributed by atoms with Crippen LogP contribution < -0.4 is 9.47 Å². The number of hydrogen-bond acceptors (Lipinski definition) is 4. The molecule has 0 amide bonds. The van der Waals surface area contributed by atoms with Gasteiger partial charge in [0.2, 0.25) is 0 Å². The van der Waals surface area contributed by atoms with Gasteiger partial charge in [0.15, 0.2) is 0 Å². The summed E-state index contributed by atoms with van der Waals surface area (Å²) in [5, 5.41) is 1.73. The van der Waals surface area contributed by atoms with Gasteiger partial charge in [-0.25, -0.2) is 4.98 Å². The standard InChI is InChI=1S/C21H19BrClNO2S/c1-12-10-13(15(23)11-17(12)26-3)18-19(22)27-20(24-18)21(8-9-21)14-6-4-5-7-16(14)25-2/h4-7,10-11H,8-9H2,1-3H3. The Morgan fingerprint density at radius 1 is 1.11 bits per heavy atom. The van der Waals surface area contributed by atoms with Gasteiger partial charge in [-0.05, 0) is 59.5 Å². The van der Waals surface area contributed by atoms with Gasteiger partial charge in [0.1, 0.15) is 16.5 Å². The molecular formula is C21H19BrClNO2S. The van der Waals surface area contributed by atoms with Gasteiger partial charge < -0.3 is 9.47 Å². The molecule has 1 heterocycles. The average Bonchev–Trinajstić information content (AvgIpc) is 3.40. The number of hydrogen-bond donors (Lipinski definition) is 0. The number of thiazole rings is 1. The molecule has 3 nitrogen and oxygen atoms in total. The monoisotopic (exact) mass is 463 g/mol. The second-order valence-electron chi connectivity index (χ2n) is 6.73. The number of aromatic nitrogens is 1. The fraction of sp³-hybridized carbons (Fsp3) is 0.286. The molecule has 0 bridgehead atoms. The van der Waals surface area contributed by atoms with E-state index in [0.29, 0.717) is 5.02 Å². The molecule has 4 rings (SSSR count). The fourth-order valence-electron chi connectivity index (χ4n) is 3.50. The van der Waals surface area contributed by atoms with E-state index in [-0.39, 0.29) is 5.41 Å². The SMILES string of the molecule is COc1cc(Cl)c(-c2nc(C3(c4ccccc4OC)CC3)sc2Br)cc1C. The summed E-state index contributed by atoms with van der Waals surface area (Å²) in [6, 6.07) is 12.1. The van der Waals surface area contributed by atoms with Crippen LogP contribution >= 0.6 is 38.9 Å². The first-order valence-corrected chi connectivity index (χ1v) is 10.6. The van der Waals surface area contributed by atoms with Gasteiger partial charge in [-0.15, -0.1) is 11.3 Å². The lowest BCUT2D eigenvalue weighted by Crippen LogP contribution is -2.10. The van der Waals surface area contributed by atoms with Crippen LogP contribution in [0, 0.1) is 6.92 Å². The van der Waals surface area contributed by atoms with E-state index in [0.717, 1.165) is 50.0 Å². The molecule has 1 aromatic heterocycles. The zero-order valence-electron chi connectivity index (χ0n) is 15.3. The molecule has 0 N–H and O–H groups in total. The molecule has 0 radical (unpaired) electrons. The van der Waals surface area contributed by atoms with Crippen LogP contribution in [0.3, 0.4) is 0 Å². The van der Waals surface area contributed by atoms with Gasteiger partial charge in [0.25, 0.3) is 0 Å². The van der Waals surface area contributed by atoms with Crippen LogP contribution in [-0.4, -0.2) is 19.2 Å². The lowest BCUT2D eigenvalue weighted by Gasteiger charge is -2.16. The Morgan fingerprint density at radius 3 is 2.48 bits per heavy atom. The molecule has 0 saturated heterocycles. The summed E-state index contributed by atoms with van der Waals surface area (Å²) < 4.78 is 12.0. The highest BCUT2D eigenvalue weighted by molar-refractivity contribution is 9.11. The van der Waals surface area contributed by atoms with Gasteiger partial charge >= 0.3 is 0 Å². The molecule has 27 heavy (non-hydrogen) atoms. The maximum absolute atomic E-state index is 6.53. The largest absolute Gasteiger partial charge is 0.496 e. The first kappa shape index (κ1) is 18.8. The van der Waals surface area contributed by atoms with E-state index in [2.05, 4.69) is 28.1 Å². The molecule has 140 valence electrons. The van der Waals surface area contributed by atoms with Gasteiger partial charge in [-0.3, -0.25) is 0 Å². The summed E-state index contributed by atoms with van der Waals surface area (Å²) in [4.78, 5) is 5.01. The maximum atomic E-state index is 6.53. The summed E-state index contributed by atoms with van der Waals surface area (Å²) >= 11 is 11.9. The van der Waals surface area contributed by atoms with Crippen molar-refractivity contribution >= 4 is 38.9 Å². The van der Waals surface area contributed by atoms with Crippen molar-refractivity contribution in [3.8, 4) is 22.8 Å². The smallest absolute Gasteiger partial charge is 0.123 e. The van der Waals surface area contributed by atoms with Crippen LogP contribution in [0.5, 0.6) is 11.5 Å². The molecule has 6 heteroatoms. The molecule has 1 aliphatic carbocycles. The fourth-order valence-corrected chi connectivity index (χ4v) is 5.57. The van der Waals surface area contributed by atoms with Crippen LogP contribution in [0.15, 0.2) is 40.2 Å². The van der Waals surface area contributed by atoms with E-state index in [1.165, 1.54) is 5.56 Å². The van der Waals surface area contributed by atoms with E-state index in [1.54, 1.807) is 25.6 Å². The third-order valence-corrected chi connectivity index (χ3v) is 7.33. The van der Waals surface area contributed by atoms with Gasteiger partial charge in [0.05, 0.1) is 34.1 Å². The minimum absolute atomic E-state index is 0.0635. The molecule has 0 spiro atoms. The number of halogens is 2. The molecule has 1 saturated carbocycles. The number of nitrogens with zero attached hydrogens (tertiary/aromatic N) is 1. The van der Waals surface area contributed by atoms with E-state index in [1.807, 2.05) is 31.2 Å². The highest BCUT2D eigenvalue weighted by atomic mass is 79.9. The number of aryl methyl sites for hydroxylation is 1. The van der Waals surface area contributed by atoms with Crippen molar-refractivity contribution in [2.24, 2.45) is 0 Å². The number of methoxy groups -OCH3 is 2. The van der Waals surface area contributed by atoms with Crippen molar-refractivity contribution in [1.29, 1.82) is 0 Å². The minimum Gasteiger partial charge on any atom is -0.496 e. The molecule has 0 unspecified atom stereocenters. The first-order valence-electron chi connectivity index (χ1n) is 8.65. The van der Waals surface area contributed by atoms with Gasteiger partial charge in [0, 0.05) is 11.1 Å². The Kier molecular flexibility index (Phi) is 4.95. The highest BCUT2D eigenvalue weighted by Crippen LogP contribution is 2.58. The average molecular weight is 465 g/mol. The van der Waals surface area contributed by atoms with Crippen molar-refractivity contribution < 1.29 is 9.47 Å². The number of benzene rings is 2. The summed E-state index contributed by atoms with van der Waals surface area (Å²) in [6.45, 7) is 2.01. The van der Waals surface area contributed by atoms with Crippen molar-refractivity contribution in [2.45, 2.75) is 25.2 Å². The predicted molar refractivity (Wildman–Crippen MR) is 115 cm³/mol. The molecular weight excluding hydrogens is 446 g/mol. The highest BCUT2D eigenvalue weighted by Gasteiger charge is 2.50. The lowest BCUT2D eigenvalue weighted by molar-refractivity contribution is 0.406. The van der Waals surface area contributed by atoms with Crippen molar-refractivity contribution in [1.82, 2.24) is 4.98 Å². The summed E-state index contributed by atoms with van der Waals surface area (Å²) in [5.74, 6) is 1.70. The number of para-hydroxylation sites is 1. The van der Waals surface area contributed by atoms with E-state index >= 15 is 0 Å². The van der Waals surface area contributed by atoms with Gasteiger partial charge in [-0.2, -0.15) is 0 Å². The third-order valence-electron chi connectivity index (χ3n) is 5.11. The summed E-state index contributed by atoms with van der Waals surface area (Å²) in [6.07, 6.45) is 2.14. The predicted octanol–water partition coefficient (Wildman–Crippen LogP) is 6.63. The Hall–Kier alpha value is -1.56. The molecule has 1 fully saturated rings. The number of rotatable bonds is 5.